The van der Waals surface area contributed by atoms with Crippen LogP contribution in [0.1, 0.15) is 12.0 Å². The fourth-order valence-electron chi connectivity index (χ4n) is 1.20. The van der Waals surface area contributed by atoms with Crippen LogP contribution >= 0.6 is 11.6 Å². The van der Waals surface area contributed by atoms with E-state index in [4.69, 9.17) is 11.6 Å². The van der Waals surface area contributed by atoms with Gasteiger partial charge in [0.25, 0.3) is 0 Å². The van der Waals surface area contributed by atoms with Crippen molar-refractivity contribution < 1.29 is 8.42 Å². The van der Waals surface area contributed by atoms with E-state index in [0.29, 0.717) is 24.7 Å². The van der Waals surface area contributed by atoms with Gasteiger partial charge in [0, 0.05) is 19.0 Å². The van der Waals surface area contributed by atoms with Gasteiger partial charge < -0.3 is 5.32 Å². The summed E-state index contributed by atoms with van der Waals surface area (Å²) >= 11 is 5.65. The molecule has 1 N–H and O–H groups in total. The van der Waals surface area contributed by atoms with Crippen molar-refractivity contribution >= 4 is 21.4 Å². The first-order chi connectivity index (χ1) is 7.47. The predicted molar refractivity (Wildman–Crippen MR) is 65.3 cm³/mol. The summed E-state index contributed by atoms with van der Waals surface area (Å²) in [5, 5.41) is 3.62. The fourth-order valence-corrected chi connectivity index (χ4v) is 1.98. The van der Waals surface area contributed by atoms with Gasteiger partial charge in [-0.2, -0.15) is 0 Å². The van der Waals surface area contributed by atoms with E-state index >= 15 is 0 Å². The number of aromatic nitrogens is 1. The van der Waals surface area contributed by atoms with Gasteiger partial charge in [-0.1, -0.05) is 17.7 Å². The Morgan fingerprint density at radius 1 is 1.44 bits per heavy atom. The van der Waals surface area contributed by atoms with Crippen molar-refractivity contribution in [3.63, 3.8) is 0 Å². The summed E-state index contributed by atoms with van der Waals surface area (Å²) in [5.41, 5.74) is 1.03. The van der Waals surface area contributed by atoms with Crippen LogP contribution in [0.2, 0.25) is 5.15 Å². The molecule has 16 heavy (non-hydrogen) atoms. The quantitative estimate of drug-likeness (QED) is 0.619. The third-order valence-electron chi connectivity index (χ3n) is 1.99. The van der Waals surface area contributed by atoms with Crippen molar-refractivity contribution in [1.29, 1.82) is 0 Å². The van der Waals surface area contributed by atoms with Crippen molar-refractivity contribution in [1.82, 2.24) is 10.3 Å². The highest BCUT2D eigenvalue weighted by Gasteiger charge is 2.00. The predicted octanol–water partition coefficient (Wildman–Crippen LogP) is 1.26. The molecule has 0 saturated heterocycles. The number of nitrogens with one attached hydrogen (secondary N) is 1. The second-order valence-electron chi connectivity index (χ2n) is 3.65. The Labute approximate surface area is 101 Å². The van der Waals surface area contributed by atoms with Gasteiger partial charge >= 0.3 is 0 Å². The summed E-state index contributed by atoms with van der Waals surface area (Å²) in [6.07, 6.45) is 3.57. The molecule has 0 saturated carbocycles. The van der Waals surface area contributed by atoms with Gasteiger partial charge in [0.05, 0.1) is 5.75 Å². The van der Waals surface area contributed by atoms with Crippen molar-refractivity contribution in [2.24, 2.45) is 0 Å². The lowest BCUT2D eigenvalue weighted by Gasteiger charge is -2.04. The average Bonchev–Trinajstić information content (AvgIpc) is 2.19. The summed E-state index contributed by atoms with van der Waals surface area (Å²) < 4.78 is 21.7. The normalized spacial score (nSPS) is 11.6. The van der Waals surface area contributed by atoms with Crippen LogP contribution in [0, 0.1) is 0 Å². The largest absolute Gasteiger partial charge is 0.313 e. The van der Waals surface area contributed by atoms with Crippen molar-refractivity contribution in [2.45, 2.75) is 13.0 Å². The van der Waals surface area contributed by atoms with Crippen LogP contribution in [0.15, 0.2) is 18.3 Å². The molecule has 0 aliphatic heterocycles. The van der Waals surface area contributed by atoms with Crippen LogP contribution in [0.4, 0.5) is 0 Å². The number of nitrogens with zero attached hydrogens (tertiary/aromatic N) is 1. The molecule has 0 bridgehead atoms. The van der Waals surface area contributed by atoms with E-state index in [2.05, 4.69) is 10.3 Å². The van der Waals surface area contributed by atoms with Crippen LogP contribution in [-0.4, -0.2) is 32.0 Å². The van der Waals surface area contributed by atoms with Gasteiger partial charge in [0.15, 0.2) is 0 Å². The number of rotatable bonds is 6. The lowest BCUT2D eigenvalue weighted by atomic mass is 10.3. The minimum atomic E-state index is -2.84. The number of hydrogen-bond acceptors (Lipinski definition) is 4. The Morgan fingerprint density at radius 2 is 2.19 bits per heavy atom. The Balaban J connectivity index is 2.19. The average molecular weight is 263 g/mol. The maximum absolute atomic E-state index is 10.8. The van der Waals surface area contributed by atoms with E-state index in [-0.39, 0.29) is 5.75 Å². The molecule has 1 aromatic heterocycles. The molecule has 6 heteroatoms. The summed E-state index contributed by atoms with van der Waals surface area (Å²) in [6, 6.07) is 3.62. The lowest BCUT2D eigenvalue weighted by Crippen LogP contribution is -2.17. The van der Waals surface area contributed by atoms with E-state index in [9.17, 15) is 8.42 Å². The molecule has 0 radical (unpaired) electrons. The van der Waals surface area contributed by atoms with E-state index < -0.39 is 9.84 Å². The molecule has 0 spiro atoms. The first kappa shape index (κ1) is 13.4. The highest BCUT2D eigenvalue weighted by atomic mass is 35.5. The van der Waals surface area contributed by atoms with Gasteiger partial charge in [-0.15, -0.1) is 0 Å². The Morgan fingerprint density at radius 3 is 2.75 bits per heavy atom. The van der Waals surface area contributed by atoms with Crippen LogP contribution in [-0.2, 0) is 16.4 Å². The number of pyridine rings is 1. The van der Waals surface area contributed by atoms with E-state index in [1.54, 1.807) is 12.3 Å². The molecule has 90 valence electrons. The maximum Gasteiger partial charge on any atom is 0.147 e. The van der Waals surface area contributed by atoms with Crippen LogP contribution in [0.5, 0.6) is 0 Å². The van der Waals surface area contributed by atoms with Crippen molar-refractivity contribution in [3.05, 3.63) is 29.0 Å². The molecule has 1 rings (SSSR count). The second-order valence-corrected chi connectivity index (χ2v) is 6.30. The Bertz CT molecular complexity index is 417. The third kappa shape index (κ3) is 6.05. The first-order valence-corrected chi connectivity index (χ1v) is 7.40. The molecule has 0 aliphatic carbocycles. The molecular formula is C10H15ClN2O2S. The smallest absolute Gasteiger partial charge is 0.147 e. The molecular weight excluding hydrogens is 248 g/mol. The molecule has 0 aromatic carbocycles. The van der Waals surface area contributed by atoms with E-state index in [1.807, 2.05) is 6.07 Å². The monoisotopic (exact) mass is 262 g/mol. The summed E-state index contributed by atoms with van der Waals surface area (Å²) in [7, 11) is -2.84. The lowest BCUT2D eigenvalue weighted by molar-refractivity contribution is 0.594. The molecule has 1 heterocycles. The summed E-state index contributed by atoms with van der Waals surface area (Å²) in [4.78, 5) is 3.95. The zero-order valence-corrected chi connectivity index (χ0v) is 10.7. The Kier molecular flexibility index (Phi) is 5.18. The molecule has 0 atom stereocenters. The zero-order valence-electron chi connectivity index (χ0n) is 9.11. The van der Waals surface area contributed by atoms with Crippen molar-refractivity contribution in [3.8, 4) is 0 Å². The van der Waals surface area contributed by atoms with Crippen LogP contribution < -0.4 is 5.32 Å². The van der Waals surface area contributed by atoms with E-state index in [1.165, 1.54) is 6.26 Å². The van der Waals surface area contributed by atoms with Gasteiger partial charge in [-0.25, -0.2) is 13.4 Å². The minimum Gasteiger partial charge on any atom is -0.313 e. The SMILES string of the molecule is CS(=O)(=O)CCCNCc1ccc(Cl)nc1. The topological polar surface area (TPSA) is 59.1 Å². The van der Waals surface area contributed by atoms with Gasteiger partial charge in [0.1, 0.15) is 15.0 Å². The zero-order chi connectivity index (χ0) is 12.0. The van der Waals surface area contributed by atoms with Gasteiger partial charge in [-0.05, 0) is 24.6 Å². The molecule has 0 amide bonds. The first-order valence-electron chi connectivity index (χ1n) is 4.96. The highest BCUT2D eigenvalue weighted by Crippen LogP contribution is 2.04. The number of hydrogen-bond donors (Lipinski definition) is 1. The van der Waals surface area contributed by atoms with E-state index in [0.717, 1.165) is 5.56 Å². The Hall–Kier alpha value is -0.650. The molecule has 1 aromatic rings. The molecule has 0 fully saturated rings. The molecule has 0 unspecified atom stereocenters. The minimum absolute atomic E-state index is 0.221. The van der Waals surface area contributed by atoms with Gasteiger partial charge in [-0.3, -0.25) is 0 Å². The van der Waals surface area contributed by atoms with Crippen LogP contribution in [0.25, 0.3) is 0 Å². The highest BCUT2D eigenvalue weighted by molar-refractivity contribution is 7.90. The van der Waals surface area contributed by atoms with Crippen LogP contribution in [0.3, 0.4) is 0 Å². The maximum atomic E-state index is 10.8. The standard InChI is InChI=1S/C10H15ClN2O2S/c1-16(14,15)6-2-5-12-7-9-3-4-10(11)13-8-9/h3-4,8,12H,2,5-7H2,1H3. The molecule has 0 aliphatic rings. The second kappa shape index (κ2) is 6.18. The summed E-state index contributed by atoms with van der Waals surface area (Å²) in [6.45, 7) is 1.35. The van der Waals surface area contributed by atoms with Crippen molar-refractivity contribution in [2.75, 3.05) is 18.6 Å². The fraction of sp³-hybridized carbons (Fsp3) is 0.500. The number of halogens is 1. The summed E-state index contributed by atoms with van der Waals surface area (Å²) in [5.74, 6) is 0.221. The third-order valence-corrected chi connectivity index (χ3v) is 3.24. The number of sulfone groups is 1. The van der Waals surface area contributed by atoms with Gasteiger partial charge in [0.2, 0.25) is 0 Å². The molecule has 4 nitrogen and oxygen atoms in total.